The second-order valence-corrected chi connectivity index (χ2v) is 8.65. The van der Waals surface area contributed by atoms with Crippen LogP contribution in [0.3, 0.4) is 0 Å². The fourth-order valence-corrected chi connectivity index (χ4v) is 4.60. The number of fused-ring (bicyclic) bond motifs is 1. The maximum absolute atomic E-state index is 13.2. The van der Waals surface area contributed by atoms with Gasteiger partial charge in [0, 0.05) is 33.2 Å². The van der Waals surface area contributed by atoms with Crippen LogP contribution in [0.1, 0.15) is 37.7 Å². The van der Waals surface area contributed by atoms with E-state index in [0.29, 0.717) is 5.56 Å². The summed E-state index contributed by atoms with van der Waals surface area (Å²) in [6, 6.07) is 4.67. The molecule has 1 aromatic carbocycles. The first kappa shape index (κ1) is 21.3. The molecule has 0 unspecified atom stereocenters. The van der Waals surface area contributed by atoms with E-state index in [1.807, 2.05) is 18.2 Å². The lowest BCUT2D eigenvalue weighted by Gasteiger charge is -2.35. The molecule has 8 nitrogen and oxygen atoms in total. The van der Waals surface area contributed by atoms with Gasteiger partial charge in [-0.15, -0.1) is 0 Å². The minimum atomic E-state index is -0.717. The van der Waals surface area contributed by atoms with Crippen LogP contribution in [0.5, 0.6) is 0 Å². The van der Waals surface area contributed by atoms with E-state index < -0.39 is 23.8 Å². The van der Waals surface area contributed by atoms with Gasteiger partial charge in [-0.1, -0.05) is 35.2 Å². The number of rotatable bonds is 4. The standard InChI is InChI=1S/C22H22BrN3O5/c1-31-19(27)12-25-11-13(16-10-14(23)7-8-18(16)25)9-17-20(28)24-22(30)26(21(17)29)15-5-3-2-4-6-15/h7-11,15H,2-6,12H2,1H3,(H,24,28,30)/b17-9+. The molecule has 2 fully saturated rings. The van der Waals surface area contributed by atoms with Gasteiger partial charge in [-0.3, -0.25) is 24.6 Å². The minimum absolute atomic E-state index is 0.00929. The van der Waals surface area contributed by atoms with Gasteiger partial charge < -0.3 is 9.30 Å². The van der Waals surface area contributed by atoms with Gasteiger partial charge in [0.25, 0.3) is 11.8 Å². The van der Waals surface area contributed by atoms with Crippen molar-refractivity contribution < 1.29 is 23.9 Å². The highest BCUT2D eigenvalue weighted by atomic mass is 79.9. The number of halogens is 1. The summed E-state index contributed by atoms with van der Waals surface area (Å²) < 4.78 is 7.28. The maximum atomic E-state index is 13.2. The van der Waals surface area contributed by atoms with Crippen LogP contribution in [0.4, 0.5) is 4.79 Å². The predicted octanol–water partition coefficient (Wildman–Crippen LogP) is 3.37. The summed E-state index contributed by atoms with van der Waals surface area (Å²) >= 11 is 3.44. The molecule has 162 valence electrons. The molecule has 0 radical (unpaired) electrons. The van der Waals surface area contributed by atoms with Crippen LogP contribution >= 0.6 is 15.9 Å². The average Bonchev–Trinajstić information content (AvgIpc) is 3.07. The number of amides is 4. The summed E-state index contributed by atoms with van der Waals surface area (Å²) in [6.07, 6.45) is 7.65. The Balaban J connectivity index is 1.76. The van der Waals surface area contributed by atoms with E-state index in [1.165, 1.54) is 18.1 Å². The molecule has 2 heterocycles. The van der Waals surface area contributed by atoms with E-state index in [2.05, 4.69) is 21.2 Å². The fraction of sp³-hybridized carbons (Fsp3) is 0.364. The number of aromatic nitrogens is 1. The van der Waals surface area contributed by atoms with Crippen molar-refractivity contribution in [3.63, 3.8) is 0 Å². The normalized spacial score (nSPS) is 19.2. The van der Waals surface area contributed by atoms with E-state index in [-0.39, 0.29) is 18.2 Å². The Bertz CT molecular complexity index is 1110. The number of ether oxygens (including phenoxy) is 1. The number of nitrogens with one attached hydrogen (secondary N) is 1. The lowest BCUT2D eigenvalue weighted by atomic mass is 9.93. The molecule has 0 atom stereocenters. The van der Waals surface area contributed by atoms with Crippen molar-refractivity contribution in [2.24, 2.45) is 0 Å². The van der Waals surface area contributed by atoms with Crippen molar-refractivity contribution in [1.82, 2.24) is 14.8 Å². The summed E-state index contributed by atoms with van der Waals surface area (Å²) in [4.78, 5) is 51.1. The van der Waals surface area contributed by atoms with Crippen LogP contribution in [-0.4, -0.2) is 46.4 Å². The van der Waals surface area contributed by atoms with Crippen LogP contribution in [0.2, 0.25) is 0 Å². The van der Waals surface area contributed by atoms with E-state index >= 15 is 0 Å². The molecular formula is C22H22BrN3O5. The quantitative estimate of drug-likeness (QED) is 0.405. The molecule has 4 rings (SSSR count). The molecule has 9 heteroatoms. The molecule has 2 aromatic rings. The number of carbonyl (C=O) groups excluding carboxylic acids is 4. The Morgan fingerprint density at radius 3 is 2.68 bits per heavy atom. The highest BCUT2D eigenvalue weighted by molar-refractivity contribution is 9.10. The van der Waals surface area contributed by atoms with Crippen LogP contribution < -0.4 is 5.32 Å². The Morgan fingerprint density at radius 1 is 1.23 bits per heavy atom. The number of hydrogen-bond donors (Lipinski definition) is 1. The molecule has 2 aliphatic rings. The predicted molar refractivity (Wildman–Crippen MR) is 117 cm³/mol. The van der Waals surface area contributed by atoms with Crippen molar-refractivity contribution in [3.05, 3.63) is 40.0 Å². The Morgan fingerprint density at radius 2 is 1.97 bits per heavy atom. The first-order chi connectivity index (χ1) is 14.9. The number of hydrogen-bond acceptors (Lipinski definition) is 5. The molecule has 1 N–H and O–H groups in total. The zero-order valence-corrected chi connectivity index (χ0v) is 18.6. The van der Waals surface area contributed by atoms with Crippen molar-refractivity contribution in [2.75, 3.05) is 7.11 Å². The summed E-state index contributed by atoms with van der Waals surface area (Å²) in [5.41, 5.74) is 1.25. The number of barbiturate groups is 1. The van der Waals surface area contributed by atoms with Gasteiger partial charge in [-0.2, -0.15) is 0 Å². The van der Waals surface area contributed by atoms with Gasteiger partial charge in [-0.05, 0) is 37.1 Å². The third-order valence-electron chi connectivity index (χ3n) is 5.77. The lowest BCUT2D eigenvalue weighted by Crippen LogP contribution is -2.58. The topological polar surface area (TPSA) is 97.7 Å². The van der Waals surface area contributed by atoms with Gasteiger partial charge in [0.05, 0.1) is 7.11 Å². The molecule has 1 aromatic heterocycles. The summed E-state index contributed by atoms with van der Waals surface area (Å²) in [6.45, 7) is -0.00929. The molecule has 31 heavy (non-hydrogen) atoms. The van der Waals surface area contributed by atoms with E-state index in [4.69, 9.17) is 4.74 Å². The SMILES string of the molecule is COC(=O)Cn1cc(/C=C2\C(=O)NC(=O)N(C3CCCCC3)C2=O)c2cc(Br)ccc21. The molecular weight excluding hydrogens is 466 g/mol. The van der Waals surface area contributed by atoms with Gasteiger partial charge in [0.15, 0.2) is 0 Å². The number of carbonyl (C=O) groups is 4. The Hall–Kier alpha value is -2.94. The average molecular weight is 488 g/mol. The van der Waals surface area contributed by atoms with Crippen LogP contribution in [0.25, 0.3) is 17.0 Å². The minimum Gasteiger partial charge on any atom is -0.468 e. The largest absolute Gasteiger partial charge is 0.468 e. The third-order valence-corrected chi connectivity index (χ3v) is 6.27. The molecule has 0 spiro atoms. The highest BCUT2D eigenvalue weighted by Gasteiger charge is 2.40. The molecule has 1 aliphatic heterocycles. The second kappa shape index (κ2) is 8.66. The van der Waals surface area contributed by atoms with E-state index in [0.717, 1.165) is 47.5 Å². The zero-order valence-electron chi connectivity index (χ0n) is 17.0. The van der Waals surface area contributed by atoms with Crippen LogP contribution in [0, 0.1) is 0 Å². The third kappa shape index (κ3) is 4.14. The first-order valence-corrected chi connectivity index (χ1v) is 10.9. The van der Waals surface area contributed by atoms with Crippen molar-refractivity contribution in [2.45, 2.75) is 44.7 Å². The molecule has 0 bridgehead atoms. The molecule has 4 amide bonds. The first-order valence-electron chi connectivity index (χ1n) is 10.1. The fourth-order valence-electron chi connectivity index (χ4n) is 4.24. The number of esters is 1. The maximum Gasteiger partial charge on any atom is 0.331 e. The molecule has 1 saturated carbocycles. The number of nitrogens with zero attached hydrogens (tertiary/aromatic N) is 2. The Kier molecular flexibility index (Phi) is 5.95. The second-order valence-electron chi connectivity index (χ2n) is 7.73. The van der Waals surface area contributed by atoms with Gasteiger partial charge in [-0.25, -0.2) is 4.79 Å². The smallest absolute Gasteiger partial charge is 0.331 e. The molecule has 1 aliphatic carbocycles. The van der Waals surface area contributed by atoms with Gasteiger partial charge >= 0.3 is 12.0 Å². The molecule has 1 saturated heterocycles. The number of imide groups is 2. The van der Waals surface area contributed by atoms with Crippen molar-refractivity contribution in [3.8, 4) is 0 Å². The zero-order chi connectivity index (χ0) is 22.1. The number of methoxy groups -OCH3 is 1. The number of benzene rings is 1. The highest BCUT2D eigenvalue weighted by Crippen LogP contribution is 2.30. The van der Waals surface area contributed by atoms with Gasteiger partial charge in [0.1, 0.15) is 12.1 Å². The summed E-state index contributed by atoms with van der Waals surface area (Å²) in [5, 5.41) is 3.06. The van der Waals surface area contributed by atoms with Crippen LogP contribution in [0.15, 0.2) is 34.4 Å². The van der Waals surface area contributed by atoms with Gasteiger partial charge in [0.2, 0.25) is 0 Å². The summed E-state index contributed by atoms with van der Waals surface area (Å²) in [5.74, 6) is -1.71. The van der Waals surface area contributed by atoms with Crippen LogP contribution in [-0.2, 0) is 25.7 Å². The Labute approximate surface area is 187 Å². The van der Waals surface area contributed by atoms with E-state index in [1.54, 1.807) is 10.8 Å². The summed E-state index contributed by atoms with van der Waals surface area (Å²) in [7, 11) is 1.31. The lowest BCUT2D eigenvalue weighted by molar-refractivity contribution is -0.141. The van der Waals surface area contributed by atoms with Crippen molar-refractivity contribution in [1.29, 1.82) is 0 Å². The van der Waals surface area contributed by atoms with E-state index in [9.17, 15) is 19.2 Å². The number of urea groups is 1. The monoisotopic (exact) mass is 487 g/mol. The van der Waals surface area contributed by atoms with Crippen molar-refractivity contribution >= 4 is 56.7 Å².